The smallest absolute Gasteiger partial charge is 0.345 e. The molecule has 0 N–H and O–H groups in total. The lowest BCUT2D eigenvalue weighted by atomic mass is 9.84. The van der Waals surface area contributed by atoms with Gasteiger partial charge in [0.15, 0.2) is 0 Å². The molecular weight excluding hydrogens is 274 g/mol. The molecule has 0 fully saturated rings. The second-order valence-corrected chi connectivity index (χ2v) is 5.83. The summed E-state index contributed by atoms with van der Waals surface area (Å²) in [5.41, 5.74) is -2.34. The Hall–Kier alpha value is -1.59. The zero-order valence-corrected chi connectivity index (χ0v) is 12.0. The van der Waals surface area contributed by atoms with Gasteiger partial charge in [0.05, 0.1) is 11.1 Å². The summed E-state index contributed by atoms with van der Waals surface area (Å²) in [4.78, 5) is 12.9. The summed E-state index contributed by atoms with van der Waals surface area (Å²) < 4.78 is 52.7. The predicted octanol–water partition coefficient (Wildman–Crippen LogP) is 3.84. The van der Waals surface area contributed by atoms with Crippen LogP contribution < -0.4 is 0 Å². The first kappa shape index (κ1) is 16.5. The van der Waals surface area contributed by atoms with E-state index in [0.29, 0.717) is 0 Å². The van der Waals surface area contributed by atoms with E-state index in [0.717, 1.165) is 11.0 Å². The van der Waals surface area contributed by atoms with E-state index >= 15 is 0 Å². The minimum absolute atomic E-state index is 0.261. The highest BCUT2D eigenvalue weighted by molar-refractivity contribution is 5.94. The summed E-state index contributed by atoms with van der Waals surface area (Å²) in [5, 5.41) is 0. The molecule has 0 aliphatic rings. The van der Waals surface area contributed by atoms with Crippen molar-refractivity contribution in [2.75, 3.05) is 14.1 Å². The van der Waals surface area contributed by atoms with Crippen LogP contribution in [-0.4, -0.2) is 24.9 Å². The Labute approximate surface area is 115 Å². The maximum atomic E-state index is 14.0. The Kier molecular flexibility index (Phi) is 4.17. The molecular formula is C14H17F4NO. The minimum Gasteiger partial charge on any atom is -0.345 e. The highest BCUT2D eigenvalue weighted by Gasteiger charge is 2.37. The third kappa shape index (κ3) is 3.29. The number of benzene rings is 1. The number of amides is 1. The number of carbonyl (C=O) groups excluding carboxylic acids is 1. The first-order valence-electron chi connectivity index (χ1n) is 5.98. The standard InChI is InChI=1S/C14H17F4NO/c1-13(2,3)8-6-9(12(20)19(4)5)11(15)10(7-8)14(16,17)18/h6-7H,1-5H3. The van der Waals surface area contributed by atoms with Crippen LogP contribution in [0.3, 0.4) is 0 Å². The van der Waals surface area contributed by atoms with E-state index in [9.17, 15) is 22.4 Å². The molecule has 0 unspecified atom stereocenters. The Bertz CT molecular complexity index is 527. The van der Waals surface area contributed by atoms with Crippen LogP contribution in [0, 0.1) is 5.82 Å². The van der Waals surface area contributed by atoms with Crippen molar-refractivity contribution in [3.63, 3.8) is 0 Å². The Morgan fingerprint density at radius 3 is 1.95 bits per heavy atom. The molecule has 6 heteroatoms. The maximum absolute atomic E-state index is 14.0. The van der Waals surface area contributed by atoms with Crippen molar-refractivity contribution in [3.8, 4) is 0 Å². The van der Waals surface area contributed by atoms with E-state index in [1.54, 1.807) is 20.8 Å². The largest absolute Gasteiger partial charge is 0.419 e. The predicted molar refractivity (Wildman–Crippen MR) is 68.1 cm³/mol. The van der Waals surface area contributed by atoms with Crippen molar-refractivity contribution in [1.29, 1.82) is 0 Å². The van der Waals surface area contributed by atoms with Gasteiger partial charge in [-0.15, -0.1) is 0 Å². The van der Waals surface area contributed by atoms with Crippen LogP contribution in [0.15, 0.2) is 12.1 Å². The fourth-order valence-electron chi connectivity index (χ4n) is 1.66. The summed E-state index contributed by atoms with van der Waals surface area (Å²) in [6.07, 6.45) is -4.84. The van der Waals surface area contributed by atoms with Gasteiger partial charge < -0.3 is 4.90 Å². The van der Waals surface area contributed by atoms with Crippen LogP contribution in [0.2, 0.25) is 0 Å². The van der Waals surface area contributed by atoms with Gasteiger partial charge in [-0.05, 0) is 23.1 Å². The van der Waals surface area contributed by atoms with Crippen LogP contribution in [-0.2, 0) is 11.6 Å². The molecule has 1 rings (SSSR count). The fraction of sp³-hybridized carbons (Fsp3) is 0.500. The van der Waals surface area contributed by atoms with Crippen LogP contribution in [0.25, 0.3) is 0 Å². The zero-order valence-electron chi connectivity index (χ0n) is 12.0. The molecule has 0 saturated carbocycles. The Balaban J connectivity index is 3.64. The Morgan fingerprint density at radius 1 is 1.10 bits per heavy atom. The van der Waals surface area contributed by atoms with Gasteiger partial charge >= 0.3 is 6.18 Å². The molecule has 112 valence electrons. The average molecular weight is 291 g/mol. The summed E-state index contributed by atoms with van der Waals surface area (Å²) in [6.45, 7) is 5.10. The number of halogens is 4. The number of nitrogens with zero attached hydrogens (tertiary/aromatic N) is 1. The van der Waals surface area contributed by atoms with Crippen LogP contribution in [0.1, 0.15) is 42.3 Å². The quantitative estimate of drug-likeness (QED) is 0.720. The second kappa shape index (κ2) is 5.07. The minimum atomic E-state index is -4.84. The molecule has 0 heterocycles. The van der Waals surface area contributed by atoms with Crippen molar-refractivity contribution in [1.82, 2.24) is 4.90 Å². The van der Waals surface area contributed by atoms with E-state index in [1.165, 1.54) is 20.2 Å². The number of alkyl halides is 3. The van der Waals surface area contributed by atoms with E-state index < -0.39 is 34.4 Å². The number of hydrogen-bond acceptors (Lipinski definition) is 1. The van der Waals surface area contributed by atoms with E-state index in [-0.39, 0.29) is 5.56 Å². The van der Waals surface area contributed by atoms with Crippen LogP contribution in [0.4, 0.5) is 17.6 Å². The molecule has 0 bridgehead atoms. The lowest BCUT2D eigenvalue weighted by Gasteiger charge is -2.23. The fourth-order valence-corrected chi connectivity index (χ4v) is 1.66. The van der Waals surface area contributed by atoms with Crippen molar-refractivity contribution in [2.45, 2.75) is 32.4 Å². The highest BCUT2D eigenvalue weighted by Crippen LogP contribution is 2.36. The summed E-state index contributed by atoms with van der Waals surface area (Å²) >= 11 is 0. The topological polar surface area (TPSA) is 20.3 Å². The molecule has 2 nitrogen and oxygen atoms in total. The monoisotopic (exact) mass is 291 g/mol. The molecule has 1 aromatic rings. The van der Waals surface area contributed by atoms with Gasteiger partial charge in [-0.2, -0.15) is 13.2 Å². The highest BCUT2D eigenvalue weighted by atomic mass is 19.4. The summed E-state index contributed by atoms with van der Waals surface area (Å²) in [7, 11) is 2.72. The van der Waals surface area contributed by atoms with Gasteiger partial charge in [0.2, 0.25) is 0 Å². The molecule has 0 aliphatic heterocycles. The first-order chi connectivity index (χ1) is 8.85. The van der Waals surface area contributed by atoms with Crippen LogP contribution >= 0.6 is 0 Å². The number of hydrogen-bond donors (Lipinski definition) is 0. The Morgan fingerprint density at radius 2 is 1.60 bits per heavy atom. The second-order valence-electron chi connectivity index (χ2n) is 5.83. The third-order valence-corrected chi connectivity index (χ3v) is 2.88. The maximum Gasteiger partial charge on any atom is 0.419 e. The SMILES string of the molecule is CN(C)C(=O)c1cc(C(C)(C)C)cc(C(F)(F)F)c1F. The number of carbonyl (C=O) groups is 1. The van der Waals surface area contributed by atoms with Crippen molar-refractivity contribution < 1.29 is 22.4 Å². The van der Waals surface area contributed by atoms with Gasteiger partial charge in [0.25, 0.3) is 5.91 Å². The van der Waals surface area contributed by atoms with Gasteiger partial charge in [-0.3, -0.25) is 4.79 Å². The van der Waals surface area contributed by atoms with E-state index in [2.05, 4.69) is 0 Å². The van der Waals surface area contributed by atoms with Gasteiger partial charge in [-0.25, -0.2) is 4.39 Å². The molecule has 0 radical (unpaired) electrons. The molecule has 0 atom stereocenters. The van der Waals surface area contributed by atoms with E-state index in [4.69, 9.17) is 0 Å². The lowest BCUT2D eigenvalue weighted by molar-refractivity contribution is -0.140. The first-order valence-corrected chi connectivity index (χ1v) is 5.98. The molecule has 0 saturated heterocycles. The molecule has 0 aromatic heterocycles. The molecule has 1 aromatic carbocycles. The molecule has 0 aliphatic carbocycles. The third-order valence-electron chi connectivity index (χ3n) is 2.88. The summed E-state index contributed by atoms with van der Waals surface area (Å²) in [6, 6.07) is 1.95. The van der Waals surface area contributed by atoms with Crippen molar-refractivity contribution >= 4 is 5.91 Å². The lowest BCUT2D eigenvalue weighted by Crippen LogP contribution is -2.26. The normalized spacial score (nSPS) is 12.4. The molecule has 0 spiro atoms. The van der Waals surface area contributed by atoms with Gasteiger partial charge in [-0.1, -0.05) is 20.8 Å². The van der Waals surface area contributed by atoms with Crippen molar-refractivity contribution in [2.24, 2.45) is 0 Å². The molecule has 20 heavy (non-hydrogen) atoms. The van der Waals surface area contributed by atoms with Crippen molar-refractivity contribution in [3.05, 3.63) is 34.6 Å². The number of rotatable bonds is 1. The molecule has 1 amide bonds. The van der Waals surface area contributed by atoms with E-state index in [1.807, 2.05) is 0 Å². The summed E-state index contributed by atoms with van der Waals surface area (Å²) in [5.74, 6) is -2.32. The van der Waals surface area contributed by atoms with Gasteiger partial charge in [0.1, 0.15) is 5.82 Å². The van der Waals surface area contributed by atoms with Crippen LogP contribution in [0.5, 0.6) is 0 Å². The average Bonchev–Trinajstić information content (AvgIpc) is 2.24. The zero-order chi connectivity index (χ0) is 15.9. The van der Waals surface area contributed by atoms with Gasteiger partial charge in [0, 0.05) is 14.1 Å².